The lowest BCUT2D eigenvalue weighted by molar-refractivity contribution is 0.469. The zero-order valence-corrected chi connectivity index (χ0v) is 11.6. The van der Waals surface area contributed by atoms with E-state index in [1.807, 2.05) is 0 Å². The molecule has 0 fully saturated rings. The third-order valence-electron chi connectivity index (χ3n) is 3.67. The maximum absolute atomic E-state index is 14.2. The van der Waals surface area contributed by atoms with Crippen molar-refractivity contribution < 1.29 is 9.50 Å². The van der Waals surface area contributed by atoms with Gasteiger partial charge in [-0.05, 0) is 18.2 Å². The van der Waals surface area contributed by atoms with Crippen molar-refractivity contribution >= 4 is 27.6 Å². The second-order valence-electron chi connectivity index (χ2n) is 5.06. The van der Waals surface area contributed by atoms with Crippen LogP contribution in [-0.2, 0) is 0 Å². The molecule has 7 nitrogen and oxygen atoms in total. The molecule has 0 radical (unpaired) electrons. The molecule has 0 aliphatic heterocycles. The number of H-pyrrole nitrogens is 2. The van der Waals surface area contributed by atoms with Crippen molar-refractivity contribution in [3.8, 4) is 17.0 Å². The smallest absolute Gasteiger partial charge is 0.258 e. The lowest BCUT2D eigenvalue weighted by Gasteiger charge is -2.08. The molecule has 0 amide bonds. The minimum atomic E-state index is -0.690. The Balaban J connectivity index is 2.23. The summed E-state index contributed by atoms with van der Waals surface area (Å²) in [6.07, 6.45) is 1.48. The van der Waals surface area contributed by atoms with Crippen LogP contribution in [0.15, 0.2) is 35.3 Å². The van der Waals surface area contributed by atoms with E-state index in [1.54, 1.807) is 6.07 Å². The van der Waals surface area contributed by atoms with Crippen LogP contribution < -0.4 is 11.3 Å². The zero-order valence-electron chi connectivity index (χ0n) is 11.6. The third kappa shape index (κ3) is 1.85. The Kier molecular flexibility index (Phi) is 2.61. The van der Waals surface area contributed by atoms with Crippen LogP contribution in [0.5, 0.6) is 5.75 Å². The van der Waals surface area contributed by atoms with Gasteiger partial charge in [0.15, 0.2) is 5.65 Å². The largest absolute Gasteiger partial charge is 0.508 e. The maximum atomic E-state index is 14.2. The van der Waals surface area contributed by atoms with Gasteiger partial charge in [-0.15, -0.1) is 0 Å². The van der Waals surface area contributed by atoms with Crippen LogP contribution >= 0.6 is 0 Å². The Morgan fingerprint density at radius 3 is 2.83 bits per heavy atom. The summed E-state index contributed by atoms with van der Waals surface area (Å²) in [5, 5.41) is 17.2. The molecule has 0 atom stereocenters. The average Bonchev–Trinajstić information content (AvgIpc) is 2.88. The predicted molar refractivity (Wildman–Crippen MR) is 83.5 cm³/mol. The van der Waals surface area contributed by atoms with Gasteiger partial charge in [0.2, 0.25) is 0 Å². The minimum Gasteiger partial charge on any atom is -0.508 e. The SMILES string of the molecule is Nc1[nH]nc2nc(-c3ccc(O)cc3F)c3c(=O)[nH]ccc3c12. The Morgan fingerprint density at radius 1 is 1.22 bits per heavy atom. The molecule has 0 saturated heterocycles. The molecule has 0 spiro atoms. The molecule has 0 aliphatic carbocycles. The fourth-order valence-electron chi connectivity index (χ4n) is 2.67. The Bertz CT molecular complexity index is 1130. The number of halogens is 1. The fraction of sp³-hybridized carbons (Fsp3) is 0. The van der Waals surface area contributed by atoms with Gasteiger partial charge in [-0.2, -0.15) is 5.10 Å². The van der Waals surface area contributed by atoms with Gasteiger partial charge >= 0.3 is 0 Å². The third-order valence-corrected chi connectivity index (χ3v) is 3.67. The van der Waals surface area contributed by atoms with Crippen LogP contribution in [0.2, 0.25) is 0 Å². The Hall–Kier alpha value is -3.42. The first-order valence-corrected chi connectivity index (χ1v) is 6.70. The van der Waals surface area contributed by atoms with Crippen molar-refractivity contribution in [1.82, 2.24) is 20.2 Å². The van der Waals surface area contributed by atoms with E-state index in [4.69, 9.17) is 5.73 Å². The molecule has 1 aromatic carbocycles. The van der Waals surface area contributed by atoms with E-state index < -0.39 is 11.4 Å². The van der Waals surface area contributed by atoms with E-state index in [1.165, 1.54) is 18.3 Å². The molecular weight excluding hydrogens is 301 g/mol. The summed E-state index contributed by atoms with van der Waals surface area (Å²) in [7, 11) is 0. The van der Waals surface area contributed by atoms with E-state index in [0.29, 0.717) is 10.8 Å². The summed E-state index contributed by atoms with van der Waals surface area (Å²) >= 11 is 0. The predicted octanol–water partition coefficient (Wildman–Crippen LogP) is 1.89. The number of hydrogen-bond acceptors (Lipinski definition) is 5. The molecular formula is C15H10FN5O2. The number of phenols is 1. The highest BCUT2D eigenvalue weighted by Crippen LogP contribution is 2.33. The average molecular weight is 311 g/mol. The molecule has 4 aromatic rings. The van der Waals surface area contributed by atoms with Crippen LogP contribution in [-0.4, -0.2) is 25.3 Å². The van der Waals surface area contributed by atoms with Gasteiger partial charge in [0.25, 0.3) is 5.56 Å². The quantitative estimate of drug-likeness (QED) is 0.428. The first kappa shape index (κ1) is 13.3. The van der Waals surface area contributed by atoms with E-state index in [0.717, 1.165) is 6.07 Å². The van der Waals surface area contributed by atoms with Gasteiger partial charge in [-0.1, -0.05) is 0 Å². The van der Waals surface area contributed by atoms with Gasteiger partial charge in [0.1, 0.15) is 17.4 Å². The normalized spacial score (nSPS) is 11.3. The Morgan fingerprint density at radius 2 is 2.04 bits per heavy atom. The Labute approximate surface area is 127 Å². The molecule has 0 saturated carbocycles. The van der Waals surface area contributed by atoms with Crippen molar-refractivity contribution in [2.24, 2.45) is 0 Å². The van der Waals surface area contributed by atoms with Gasteiger partial charge in [0, 0.05) is 23.2 Å². The van der Waals surface area contributed by atoms with Gasteiger partial charge in [-0.25, -0.2) is 9.37 Å². The number of fused-ring (bicyclic) bond motifs is 3. The van der Waals surface area contributed by atoms with Crippen molar-refractivity contribution in [2.45, 2.75) is 0 Å². The summed E-state index contributed by atoms with van der Waals surface area (Å²) in [6.45, 7) is 0. The lowest BCUT2D eigenvalue weighted by Crippen LogP contribution is -2.08. The number of aromatic nitrogens is 4. The number of phenolic OH excluding ortho intramolecular Hbond substituents is 1. The fourth-order valence-corrected chi connectivity index (χ4v) is 2.67. The number of aromatic hydroxyl groups is 1. The molecule has 114 valence electrons. The van der Waals surface area contributed by atoms with E-state index in [-0.39, 0.29) is 33.9 Å². The topological polar surface area (TPSA) is 121 Å². The summed E-state index contributed by atoms with van der Waals surface area (Å²) in [4.78, 5) is 19.1. The molecule has 4 rings (SSSR count). The number of aromatic amines is 2. The molecule has 3 heterocycles. The van der Waals surface area contributed by atoms with Crippen LogP contribution in [0.3, 0.4) is 0 Å². The number of anilines is 1. The highest BCUT2D eigenvalue weighted by atomic mass is 19.1. The second-order valence-corrected chi connectivity index (χ2v) is 5.06. The molecule has 5 N–H and O–H groups in total. The van der Waals surface area contributed by atoms with Crippen molar-refractivity contribution in [2.75, 3.05) is 5.73 Å². The highest BCUT2D eigenvalue weighted by molar-refractivity contribution is 6.13. The molecule has 0 bridgehead atoms. The number of nitrogen functional groups attached to an aromatic ring is 1. The number of benzene rings is 1. The van der Waals surface area contributed by atoms with Crippen LogP contribution in [0.1, 0.15) is 0 Å². The van der Waals surface area contributed by atoms with Crippen LogP contribution in [0.4, 0.5) is 10.2 Å². The first-order chi connectivity index (χ1) is 11.1. The van der Waals surface area contributed by atoms with E-state index >= 15 is 0 Å². The number of rotatable bonds is 1. The van der Waals surface area contributed by atoms with E-state index in [9.17, 15) is 14.3 Å². The molecule has 0 unspecified atom stereocenters. The number of nitrogens with zero attached hydrogens (tertiary/aromatic N) is 2. The van der Waals surface area contributed by atoms with Gasteiger partial charge in [-0.3, -0.25) is 9.89 Å². The number of nitrogens with one attached hydrogen (secondary N) is 2. The van der Waals surface area contributed by atoms with Crippen LogP contribution in [0, 0.1) is 5.82 Å². The number of nitrogens with two attached hydrogens (primary N) is 1. The van der Waals surface area contributed by atoms with Gasteiger partial charge in [0.05, 0.1) is 16.5 Å². The van der Waals surface area contributed by atoms with Crippen LogP contribution in [0.25, 0.3) is 33.1 Å². The molecule has 23 heavy (non-hydrogen) atoms. The highest BCUT2D eigenvalue weighted by Gasteiger charge is 2.19. The molecule has 8 heteroatoms. The maximum Gasteiger partial charge on any atom is 0.258 e. The monoisotopic (exact) mass is 311 g/mol. The summed E-state index contributed by atoms with van der Waals surface area (Å²) < 4.78 is 14.2. The minimum absolute atomic E-state index is 0.0907. The zero-order chi connectivity index (χ0) is 16.1. The van der Waals surface area contributed by atoms with Gasteiger partial charge < -0.3 is 15.8 Å². The summed E-state index contributed by atoms with van der Waals surface area (Å²) in [6, 6.07) is 5.31. The molecule has 3 aromatic heterocycles. The number of pyridine rings is 2. The number of hydrogen-bond donors (Lipinski definition) is 4. The van der Waals surface area contributed by atoms with Crippen molar-refractivity contribution in [1.29, 1.82) is 0 Å². The second kappa shape index (κ2) is 4.54. The van der Waals surface area contributed by atoms with Crippen molar-refractivity contribution in [3.63, 3.8) is 0 Å². The first-order valence-electron chi connectivity index (χ1n) is 6.70. The lowest BCUT2D eigenvalue weighted by atomic mass is 10.0. The standard InChI is InChI=1S/C15H10FN5O2/c16-9-5-6(22)1-2-7(9)12-10-8(3-4-18-15(10)23)11-13(17)20-21-14(11)19-12/h1-5,22H,(H,18,23)(H3,17,19,20,21). The summed E-state index contributed by atoms with van der Waals surface area (Å²) in [5.41, 5.74) is 5.95. The summed E-state index contributed by atoms with van der Waals surface area (Å²) in [5.74, 6) is -0.625. The van der Waals surface area contributed by atoms with Crippen molar-refractivity contribution in [3.05, 3.63) is 46.6 Å². The van der Waals surface area contributed by atoms with E-state index in [2.05, 4.69) is 20.2 Å². The molecule has 0 aliphatic rings.